The lowest BCUT2D eigenvalue weighted by Crippen LogP contribution is -2.16. The van der Waals surface area contributed by atoms with Crippen LogP contribution in [0.2, 0.25) is 0 Å². The normalized spacial score (nSPS) is 14.4. The van der Waals surface area contributed by atoms with Gasteiger partial charge in [-0.1, -0.05) is 18.2 Å². The number of rotatable bonds is 4. The number of hydrogen-bond acceptors (Lipinski definition) is 4. The molecule has 0 spiro atoms. The molecule has 6 heteroatoms. The van der Waals surface area contributed by atoms with Gasteiger partial charge in [0.1, 0.15) is 11.6 Å². The molecule has 1 aliphatic rings. The Balaban J connectivity index is 1.82. The van der Waals surface area contributed by atoms with Gasteiger partial charge in [0.2, 0.25) is 0 Å². The number of carboxylic acids is 1. The average molecular weight is 458 g/mol. The maximum atomic E-state index is 14.1. The van der Waals surface area contributed by atoms with Gasteiger partial charge in [0, 0.05) is 35.6 Å². The third-order valence-electron chi connectivity index (χ3n) is 6.48. The second-order valence-corrected chi connectivity index (χ2v) is 8.68. The first kappa shape index (κ1) is 22.0. The Hall–Kier alpha value is -3.77. The van der Waals surface area contributed by atoms with Crippen LogP contribution in [0.5, 0.6) is 5.75 Å². The summed E-state index contributed by atoms with van der Waals surface area (Å²) in [5.74, 6) is -0.990. The smallest absolute Gasteiger partial charge is 0.335 e. The van der Waals surface area contributed by atoms with Crippen molar-refractivity contribution >= 4 is 16.7 Å². The van der Waals surface area contributed by atoms with Gasteiger partial charge in [0.25, 0.3) is 0 Å². The van der Waals surface area contributed by atoms with Gasteiger partial charge in [-0.15, -0.1) is 0 Å². The van der Waals surface area contributed by atoms with E-state index >= 15 is 0 Å². The van der Waals surface area contributed by atoms with E-state index in [1.807, 2.05) is 12.1 Å². The lowest BCUT2D eigenvalue weighted by molar-refractivity contribution is 0.0697. The lowest BCUT2D eigenvalue weighted by atomic mass is 9.85. The summed E-state index contributed by atoms with van der Waals surface area (Å²) in [7, 11) is 0. The summed E-state index contributed by atoms with van der Waals surface area (Å²) in [5.41, 5.74) is 4.88. The molecule has 1 aliphatic heterocycles. The fraction of sp³-hybridized carbons (Fsp3) is 0.214. The van der Waals surface area contributed by atoms with Crippen molar-refractivity contribution in [3.63, 3.8) is 0 Å². The summed E-state index contributed by atoms with van der Waals surface area (Å²) in [6.45, 7) is 3.03. The summed E-state index contributed by atoms with van der Waals surface area (Å²) in [5, 5.41) is 21.2. The minimum atomic E-state index is -0.994. The Morgan fingerprint density at radius 2 is 1.68 bits per heavy atom. The van der Waals surface area contributed by atoms with Crippen LogP contribution in [0.3, 0.4) is 0 Å². The molecule has 5 nitrogen and oxygen atoms in total. The van der Waals surface area contributed by atoms with Crippen molar-refractivity contribution in [3.8, 4) is 28.1 Å². The number of phenols is 1. The lowest BCUT2D eigenvalue weighted by Gasteiger charge is -2.26. The number of carbonyl (C=O) groups is 1. The fourth-order valence-corrected chi connectivity index (χ4v) is 4.68. The molecule has 0 atom stereocenters. The Morgan fingerprint density at radius 1 is 0.971 bits per heavy atom. The van der Waals surface area contributed by atoms with Gasteiger partial charge in [0.15, 0.2) is 0 Å². The number of benzene rings is 3. The van der Waals surface area contributed by atoms with E-state index in [9.17, 15) is 19.4 Å². The zero-order valence-corrected chi connectivity index (χ0v) is 18.7. The highest BCUT2D eigenvalue weighted by molar-refractivity contribution is 6.05. The number of fused-ring (bicyclic) bond motifs is 1. The van der Waals surface area contributed by atoms with E-state index < -0.39 is 5.97 Å². The topological polar surface area (TPSA) is 79.7 Å². The number of nitrogens with zero attached hydrogens (tertiary/aromatic N) is 1. The van der Waals surface area contributed by atoms with E-state index in [0.29, 0.717) is 24.5 Å². The van der Waals surface area contributed by atoms with Gasteiger partial charge in [-0.25, -0.2) is 9.18 Å². The molecule has 2 N–H and O–H groups in total. The molecule has 0 aliphatic carbocycles. The van der Waals surface area contributed by atoms with E-state index in [1.165, 1.54) is 6.07 Å². The number of phenolic OH excluding ortho intramolecular Hbond substituents is 1. The van der Waals surface area contributed by atoms with Gasteiger partial charge in [-0.2, -0.15) is 0 Å². The molecule has 0 saturated carbocycles. The molecule has 0 bridgehead atoms. The summed E-state index contributed by atoms with van der Waals surface area (Å²) in [6.07, 6.45) is 1.64. The first-order valence-corrected chi connectivity index (χ1v) is 11.3. The minimum Gasteiger partial charge on any atom is -0.508 e. The highest BCUT2D eigenvalue weighted by atomic mass is 19.1. The van der Waals surface area contributed by atoms with E-state index in [0.717, 1.165) is 46.0 Å². The van der Waals surface area contributed by atoms with Gasteiger partial charge in [-0.05, 0) is 78.7 Å². The number of hydrogen-bond donors (Lipinski definition) is 2. The molecular formula is C28H24FNO4. The number of halogens is 1. The number of carboxylic acid groups (broad SMARTS) is 1. The number of pyridine rings is 1. The van der Waals surface area contributed by atoms with Crippen LogP contribution in [-0.4, -0.2) is 34.4 Å². The van der Waals surface area contributed by atoms with Crippen LogP contribution in [0, 0.1) is 12.7 Å². The van der Waals surface area contributed by atoms with Crippen molar-refractivity contribution in [2.75, 3.05) is 13.2 Å². The maximum absolute atomic E-state index is 14.1. The molecule has 172 valence electrons. The number of aromatic hydroxyl groups is 1. The van der Waals surface area contributed by atoms with Crippen LogP contribution in [0.15, 0.2) is 60.7 Å². The highest BCUT2D eigenvalue weighted by Gasteiger charge is 2.25. The molecule has 4 aromatic rings. The summed E-state index contributed by atoms with van der Waals surface area (Å²) in [4.78, 5) is 16.5. The van der Waals surface area contributed by atoms with Crippen molar-refractivity contribution in [3.05, 3.63) is 83.3 Å². The molecule has 5 rings (SSSR count). The van der Waals surface area contributed by atoms with Crippen LogP contribution >= 0.6 is 0 Å². The van der Waals surface area contributed by atoms with Crippen molar-refractivity contribution in [2.45, 2.75) is 25.7 Å². The van der Waals surface area contributed by atoms with E-state index in [2.05, 4.69) is 0 Å². The van der Waals surface area contributed by atoms with Crippen LogP contribution in [0.1, 0.15) is 40.4 Å². The third kappa shape index (κ3) is 4.01. The maximum Gasteiger partial charge on any atom is 0.335 e. The van der Waals surface area contributed by atoms with E-state index in [-0.39, 0.29) is 23.0 Å². The first-order chi connectivity index (χ1) is 16.4. The number of aromatic carboxylic acids is 1. The van der Waals surface area contributed by atoms with Gasteiger partial charge < -0.3 is 14.9 Å². The Labute approximate surface area is 196 Å². The highest BCUT2D eigenvalue weighted by Crippen LogP contribution is 2.42. The van der Waals surface area contributed by atoms with Crippen molar-refractivity contribution in [1.82, 2.24) is 4.98 Å². The van der Waals surface area contributed by atoms with Gasteiger partial charge in [0.05, 0.1) is 17.0 Å². The molecule has 0 unspecified atom stereocenters. The first-order valence-electron chi connectivity index (χ1n) is 11.3. The zero-order valence-electron chi connectivity index (χ0n) is 18.7. The molecule has 0 radical (unpaired) electrons. The molecule has 0 amide bonds. The standard InChI is InChI=1S/C28H24FNO4/c1-16-14-20(6-9-24(16)29)25-22-8-7-21(31)15-23(22)26(17-2-4-19(5-3-17)28(32)33)30-27(25)18-10-12-34-13-11-18/h2-9,14-15,18,31H,10-13H2,1H3,(H,32,33). The molecule has 34 heavy (non-hydrogen) atoms. The Morgan fingerprint density at radius 3 is 2.35 bits per heavy atom. The average Bonchev–Trinajstić information content (AvgIpc) is 2.85. The predicted octanol–water partition coefficient (Wildman–Crippen LogP) is 6.31. The van der Waals surface area contributed by atoms with Crippen LogP contribution in [0.25, 0.3) is 33.2 Å². The van der Waals surface area contributed by atoms with Crippen molar-refractivity contribution in [1.29, 1.82) is 0 Å². The predicted molar refractivity (Wildman–Crippen MR) is 129 cm³/mol. The monoisotopic (exact) mass is 457 g/mol. The van der Waals surface area contributed by atoms with Crippen LogP contribution < -0.4 is 0 Å². The third-order valence-corrected chi connectivity index (χ3v) is 6.48. The quantitative estimate of drug-likeness (QED) is 0.375. The molecular weight excluding hydrogens is 433 g/mol. The van der Waals surface area contributed by atoms with E-state index in [1.54, 1.807) is 49.4 Å². The molecule has 2 heterocycles. The fourth-order valence-electron chi connectivity index (χ4n) is 4.68. The van der Waals surface area contributed by atoms with Gasteiger partial charge >= 0.3 is 5.97 Å². The van der Waals surface area contributed by atoms with E-state index in [4.69, 9.17) is 9.72 Å². The van der Waals surface area contributed by atoms with Crippen molar-refractivity contribution < 1.29 is 24.1 Å². The SMILES string of the molecule is Cc1cc(-c2c(C3CCOCC3)nc(-c3ccc(C(=O)O)cc3)c3cc(O)ccc23)ccc1F. The summed E-state index contributed by atoms with van der Waals surface area (Å²) in [6, 6.07) is 16.9. The molecule has 3 aromatic carbocycles. The number of aromatic nitrogens is 1. The molecule has 1 aromatic heterocycles. The second kappa shape index (κ2) is 8.88. The minimum absolute atomic E-state index is 0.109. The second-order valence-electron chi connectivity index (χ2n) is 8.68. The number of aryl methyl sites for hydroxylation is 1. The zero-order chi connectivity index (χ0) is 23.8. The summed E-state index contributed by atoms with van der Waals surface area (Å²) < 4.78 is 19.7. The molecule has 1 saturated heterocycles. The summed E-state index contributed by atoms with van der Waals surface area (Å²) >= 11 is 0. The Kier molecular flexibility index (Phi) is 5.75. The van der Waals surface area contributed by atoms with Crippen LogP contribution in [-0.2, 0) is 4.74 Å². The Bertz CT molecular complexity index is 1390. The van der Waals surface area contributed by atoms with Crippen molar-refractivity contribution in [2.24, 2.45) is 0 Å². The van der Waals surface area contributed by atoms with Crippen LogP contribution in [0.4, 0.5) is 4.39 Å². The van der Waals surface area contributed by atoms with Gasteiger partial charge in [-0.3, -0.25) is 4.98 Å². The number of ether oxygens (including phenoxy) is 1. The largest absolute Gasteiger partial charge is 0.508 e. The molecule has 1 fully saturated rings.